The molecule has 0 aromatic rings. The molecular formula is C6H10N2O2. The van der Waals surface area contributed by atoms with Crippen molar-refractivity contribution in [1.82, 2.24) is 10.6 Å². The van der Waals surface area contributed by atoms with Crippen molar-refractivity contribution in [2.45, 2.75) is 6.92 Å². The summed E-state index contributed by atoms with van der Waals surface area (Å²) in [4.78, 5) is 10.4. The predicted octanol–water partition coefficient (Wildman–Crippen LogP) is -0.459. The molecule has 0 spiro atoms. The zero-order chi connectivity index (χ0) is 7.40. The number of carbonyl (C=O) groups excluding carboxylic acids is 1. The van der Waals surface area contributed by atoms with Crippen molar-refractivity contribution >= 4 is 5.97 Å². The topological polar surface area (TPSA) is 50.4 Å². The second kappa shape index (κ2) is 3.22. The van der Waals surface area contributed by atoms with Gasteiger partial charge < -0.3 is 10.1 Å². The Kier molecular flexibility index (Phi) is 2.28. The molecule has 0 saturated carbocycles. The van der Waals surface area contributed by atoms with Crippen LogP contribution in [0.5, 0.6) is 0 Å². The highest BCUT2D eigenvalue weighted by atomic mass is 16.5. The van der Waals surface area contributed by atoms with Crippen LogP contribution >= 0.6 is 0 Å². The van der Waals surface area contributed by atoms with E-state index in [1.807, 2.05) is 0 Å². The van der Waals surface area contributed by atoms with E-state index in [4.69, 9.17) is 4.74 Å². The van der Waals surface area contributed by atoms with E-state index >= 15 is 0 Å². The third kappa shape index (κ3) is 2.06. The summed E-state index contributed by atoms with van der Waals surface area (Å²) in [5, 5.41) is 5.87. The maximum atomic E-state index is 10.4. The Morgan fingerprint density at radius 1 is 1.80 bits per heavy atom. The van der Waals surface area contributed by atoms with Crippen molar-refractivity contribution in [2.24, 2.45) is 0 Å². The lowest BCUT2D eigenvalue weighted by atomic mass is 10.5. The highest BCUT2D eigenvalue weighted by molar-refractivity contribution is 5.67. The Bertz CT molecular complexity index is 165. The first-order chi connectivity index (χ1) is 4.79. The molecule has 0 atom stereocenters. The van der Waals surface area contributed by atoms with Crippen molar-refractivity contribution in [1.29, 1.82) is 0 Å². The molecule has 1 aliphatic rings. The largest absolute Gasteiger partial charge is 0.410 e. The molecule has 0 amide bonds. The maximum Gasteiger partial charge on any atom is 0.309 e. The number of carbonyl (C=O) groups is 1. The van der Waals surface area contributed by atoms with Gasteiger partial charge in [-0.2, -0.15) is 0 Å². The average Bonchev–Trinajstić information content (AvgIpc) is 1.88. The van der Waals surface area contributed by atoms with E-state index < -0.39 is 0 Å². The monoisotopic (exact) mass is 142 g/mol. The van der Waals surface area contributed by atoms with Crippen LogP contribution in [0.3, 0.4) is 0 Å². The highest BCUT2D eigenvalue weighted by Crippen LogP contribution is 1.93. The van der Waals surface area contributed by atoms with Crippen LogP contribution in [0, 0.1) is 0 Å². The summed E-state index contributed by atoms with van der Waals surface area (Å²) in [5.74, 6) is 0.256. The zero-order valence-electron chi connectivity index (χ0n) is 5.81. The van der Waals surface area contributed by atoms with E-state index in [2.05, 4.69) is 10.6 Å². The minimum Gasteiger partial charge on any atom is -0.410 e. The van der Waals surface area contributed by atoms with E-state index in [0.717, 1.165) is 6.54 Å². The van der Waals surface area contributed by atoms with Crippen LogP contribution in [0.25, 0.3) is 0 Å². The molecule has 1 aliphatic heterocycles. The van der Waals surface area contributed by atoms with Gasteiger partial charge in [0.15, 0.2) is 5.88 Å². The summed E-state index contributed by atoms with van der Waals surface area (Å²) in [6.07, 6.45) is 1.78. The van der Waals surface area contributed by atoms with Crippen molar-refractivity contribution in [3.8, 4) is 0 Å². The Labute approximate surface area is 59.2 Å². The van der Waals surface area contributed by atoms with E-state index in [-0.39, 0.29) is 5.97 Å². The van der Waals surface area contributed by atoms with Crippen LogP contribution in [-0.2, 0) is 9.53 Å². The number of rotatable bonds is 1. The van der Waals surface area contributed by atoms with Crippen LogP contribution in [-0.4, -0.2) is 19.2 Å². The highest BCUT2D eigenvalue weighted by Gasteiger charge is 2.03. The summed E-state index contributed by atoms with van der Waals surface area (Å²) in [6.45, 7) is 2.78. The zero-order valence-corrected chi connectivity index (χ0v) is 5.81. The molecule has 1 rings (SSSR count). The fourth-order valence-corrected chi connectivity index (χ4v) is 0.691. The molecule has 0 aromatic heterocycles. The van der Waals surface area contributed by atoms with Gasteiger partial charge in [0.05, 0.1) is 6.67 Å². The molecule has 0 unspecified atom stereocenters. The van der Waals surface area contributed by atoms with Crippen molar-refractivity contribution in [3.63, 3.8) is 0 Å². The molecule has 4 heteroatoms. The standard InChI is InChI=1S/C6H10N2O2/c1-5(9)10-6-2-3-7-4-8-6/h2,7-8H,3-4H2,1H3. The maximum absolute atomic E-state index is 10.4. The molecule has 0 radical (unpaired) electrons. The molecule has 0 saturated heterocycles. The van der Waals surface area contributed by atoms with Crippen LogP contribution in [0.4, 0.5) is 0 Å². The van der Waals surface area contributed by atoms with E-state index in [9.17, 15) is 4.79 Å². The third-order valence-corrected chi connectivity index (χ3v) is 1.07. The lowest BCUT2D eigenvalue weighted by Gasteiger charge is -2.14. The molecule has 10 heavy (non-hydrogen) atoms. The van der Waals surface area contributed by atoms with Crippen LogP contribution in [0.1, 0.15) is 6.92 Å². The Balaban J connectivity index is 2.38. The lowest BCUT2D eigenvalue weighted by molar-refractivity contribution is -0.137. The number of esters is 1. The summed E-state index contributed by atoms with van der Waals surface area (Å²) >= 11 is 0. The van der Waals surface area contributed by atoms with Gasteiger partial charge in [0, 0.05) is 13.5 Å². The van der Waals surface area contributed by atoms with Crippen molar-refractivity contribution in [3.05, 3.63) is 12.0 Å². The minimum atomic E-state index is -0.291. The van der Waals surface area contributed by atoms with Gasteiger partial charge in [-0.15, -0.1) is 0 Å². The third-order valence-electron chi connectivity index (χ3n) is 1.07. The number of nitrogens with one attached hydrogen (secondary N) is 2. The second-order valence-corrected chi connectivity index (χ2v) is 1.97. The fourth-order valence-electron chi connectivity index (χ4n) is 0.691. The Morgan fingerprint density at radius 2 is 2.60 bits per heavy atom. The van der Waals surface area contributed by atoms with E-state index in [1.165, 1.54) is 6.92 Å². The summed E-state index contributed by atoms with van der Waals surface area (Å²) in [5.41, 5.74) is 0. The van der Waals surface area contributed by atoms with Crippen LogP contribution in [0.15, 0.2) is 12.0 Å². The van der Waals surface area contributed by atoms with Gasteiger partial charge in [-0.05, 0) is 6.08 Å². The van der Waals surface area contributed by atoms with Gasteiger partial charge in [-0.1, -0.05) is 0 Å². The number of ether oxygens (including phenoxy) is 1. The van der Waals surface area contributed by atoms with Crippen LogP contribution < -0.4 is 10.6 Å². The molecule has 4 nitrogen and oxygen atoms in total. The fraction of sp³-hybridized carbons (Fsp3) is 0.500. The molecule has 0 fully saturated rings. The van der Waals surface area contributed by atoms with Crippen molar-refractivity contribution < 1.29 is 9.53 Å². The summed E-state index contributed by atoms with van der Waals surface area (Å²) < 4.78 is 4.76. The molecule has 2 N–H and O–H groups in total. The first-order valence-electron chi connectivity index (χ1n) is 3.12. The molecule has 0 bridgehead atoms. The van der Waals surface area contributed by atoms with Gasteiger partial charge >= 0.3 is 5.97 Å². The van der Waals surface area contributed by atoms with Gasteiger partial charge in [-0.25, -0.2) is 0 Å². The molecule has 0 aliphatic carbocycles. The number of hydrogen-bond acceptors (Lipinski definition) is 4. The van der Waals surface area contributed by atoms with Gasteiger partial charge in [-0.3, -0.25) is 10.1 Å². The normalized spacial score (nSPS) is 17.1. The SMILES string of the molecule is CC(=O)OC1=CCNCN1. The number of hydrogen-bond donors (Lipinski definition) is 2. The van der Waals surface area contributed by atoms with Gasteiger partial charge in [0.2, 0.25) is 0 Å². The summed E-state index contributed by atoms with van der Waals surface area (Å²) in [7, 11) is 0. The first-order valence-corrected chi connectivity index (χ1v) is 3.12. The van der Waals surface area contributed by atoms with Crippen LogP contribution in [0.2, 0.25) is 0 Å². The Hall–Kier alpha value is -1.03. The average molecular weight is 142 g/mol. The lowest BCUT2D eigenvalue weighted by Crippen LogP contribution is -2.35. The van der Waals surface area contributed by atoms with Gasteiger partial charge in [0.25, 0.3) is 0 Å². The second-order valence-electron chi connectivity index (χ2n) is 1.97. The van der Waals surface area contributed by atoms with Crippen molar-refractivity contribution in [2.75, 3.05) is 13.2 Å². The summed E-state index contributed by atoms with van der Waals surface area (Å²) in [6, 6.07) is 0. The molecule has 0 aromatic carbocycles. The van der Waals surface area contributed by atoms with E-state index in [1.54, 1.807) is 6.08 Å². The Morgan fingerprint density at radius 3 is 3.10 bits per heavy atom. The molecule has 1 heterocycles. The minimum absolute atomic E-state index is 0.291. The molecular weight excluding hydrogens is 132 g/mol. The predicted molar refractivity (Wildman–Crippen MR) is 35.9 cm³/mol. The van der Waals surface area contributed by atoms with E-state index in [0.29, 0.717) is 12.6 Å². The quantitative estimate of drug-likeness (QED) is 0.486. The molecule has 56 valence electrons. The first kappa shape index (κ1) is 7.08. The smallest absolute Gasteiger partial charge is 0.309 e. The van der Waals surface area contributed by atoms with Gasteiger partial charge in [0.1, 0.15) is 0 Å².